The maximum atomic E-state index is 13.6. The van der Waals surface area contributed by atoms with Crippen LogP contribution in [0.5, 0.6) is 0 Å². The van der Waals surface area contributed by atoms with Crippen LogP contribution >= 0.6 is 0 Å². The van der Waals surface area contributed by atoms with E-state index in [1.54, 1.807) is 12.1 Å². The lowest BCUT2D eigenvalue weighted by molar-refractivity contribution is 0.0487. The lowest BCUT2D eigenvalue weighted by Gasteiger charge is -2.30. The van der Waals surface area contributed by atoms with Crippen LogP contribution in [0.3, 0.4) is 0 Å². The highest BCUT2D eigenvalue weighted by molar-refractivity contribution is 6.00. The van der Waals surface area contributed by atoms with Gasteiger partial charge in [-0.25, -0.2) is 9.78 Å². The number of aromatic nitrogens is 2. The molecule has 0 spiro atoms. The Balaban J connectivity index is 1.37. The average Bonchev–Trinajstić information content (AvgIpc) is 3.26. The highest BCUT2D eigenvalue weighted by Gasteiger charge is 2.27. The topological polar surface area (TPSA) is 135 Å². The largest absolute Gasteiger partial charge is 0.444 e. The predicted octanol–water partition coefficient (Wildman–Crippen LogP) is 5.09. The van der Waals surface area contributed by atoms with Crippen molar-refractivity contribution in [1.82, 2.24) is 20.2 Å². The molecule has 208 valence electrons. The summed E-state index contributed by atoms with van der Waals surface area (Å²) in [6, 6.07) is 19.7. The van der Waals surface area contributed by atoms with Crippen LogP contribution in [0.25, 0.3) is 21.8 Å². The van der Waals surface area contributed by atoms with E-state index in [-0.39, 0.29) is 23.8 Å². The summed E-state index contributed by atoms with van der Waals surface area (Å²) >= 11 is 0. The van der Waals surface area contributed by atoms with Gasteiger partial charge in [-0.15, -0.1) is 0 Å². The number of nitrogens with zero attached hydrogens (tertiary/aromatic N) is 2. The van der Waals surface area contributed by atoms with Crippen molar-refractivity contribution in [2.24, 2.45) is 5.73 Å². The van der Waals surface area contributed by atoms with Crippen LogP contribution in [0.4, 0.5) is 4.79 Å². The van der Waals surface area contributed by atoms with Gasteiger partial charge in [0.25, 0.3) is 5.91 Å². The van der Waals surface area contributed by atoms with Crippen LogP contribution < -0.4 is 16.4 Å². The molecule has 5 rings (SSSR count). The number of nitrogen functional groups attached to an aromatic ring is 1. The molecule has 0 bridgehead atoms. The van der Waals surface area contributed by atoms with Crippen molar-refractivity contribution in [2.75, 3.05) is 0 Å². The smallest absolute Gasteiger partial charge is 0.407 e. The molecule has 0 radical (unpaired) electrons. The van der Waals surface area contributed by atoms with Crippen molar-refractivity contribution in [1.29, 1.82) is 5.41 Å². The van der Waals surface area contributed by atoms with E-state index in [1.165, 1.54) is 0 Å². The Kier molecular flexibility index (Phi) is 7.47. The molecule has 1 aromatic heterocycles. The van der Waals surface area contributed by atoms with Crippen LogP contribution in [0.1, 0.15) is 68.2 Å². The van der Waals surface area contributed by atoms with Crippen LogP contribution in [-0.4, -0.2) is 45.1 Å². The minimum Gasteiger partial charge on any atom is -0.444 e. The number of ether oxygens (including phenoxy) is 1. The van der Waals surface area contributed by atoms with Crippen LogP contribution in [-0.2, 0) is 11.3 Å². The summed E-state index contributed by atoms with van der Waals surface area (Å²) in [5, 5.41) is 16.3. The number of carbonyl (C=O) groups is 2. The number of hydrogen-bond donors (Lipinski definition) is 4. The van der Waals surface area contributed by atoms with Gasteiger partial charge < -0.3 is 25.7 Å². The van der Waals surface area contributed by atoms with Gasteiger partial charge in [0, 0.05) is 17.6 Å². The number of nitrogens with one attached hydrogen (secondary N) is 3. The van der Waals surface area contributed by atoms with Gasteiger partial charge in [0.2, 0.25) is 0 Å². The van der Waals surface area contributed by atoms with Gasteiger partial charge in [-0.1, -0.05) is 42.5 Å². The number of amidine groups is 1. The number of benzene rings is 3. The molecule has 1 fully saturated rings. The summed E-state index contributed by atoms with van der Waals surface area (Å²) < 4.78 is 7.29. The lowest BCUT2D eigenvalue weighted by atomic mass is 9.91. The first kappa shape index (κ1) is 27.2. The number of carbonyl (C=O) groups excluding carboxylic acids is 2. The van der Waals surface area contributed by atoms with E-state index in [0.29, 0.717) is 23.4 Å². The monoisotopic (exact) mass is 540 g/mol. The molecular weight excluding hydrogens is 504 g/mol. The normalized spacial score (nSPS) is 17.5. The first-order valence-electron chi connectivity index (χ1n) is 13.7. The van der Waals surface area contributed by atoms with Gasteiger partial charge >= 0.3 is 6.09 Å². The van der Waals surface area contributed by atoms with Gasteiger partial charge in [0.1, 0.15) is 11.4 Å². The van der Waals surface area contributed by atoms with Crippen molar-refractivity contribution in [3.63, 3.8) is 0 Å². The minimum atomic E-state index is -0.544. The third-order valence-corrected chi connectivity index (χ3v) is 7.25. The Morgan fingerprint density at radius 3 is 2.38 bits per heavy atom. The van der Waals surface area contributed by atoms with Crippen molar-refractivity contribution in [2.45, 2.75) is 70.7 Å². The fraction of sp³-hybridized carbons (Fsp3) is 0.355. The van der Waals surface area contributed by atoms with Gasteiger partial charge in [-0.05, 0) is 81.0 Å². The summed E-state index contributed by atoms with van der Waals surface area (Å²) in [5.74, 6) is 0.0320. The molecule has 0 atom stereocenters. The number of rotatable bonds is 6. The number of fused-ring (bicyclic) bond motifs is 2. The quantitative estimate of drug-likeness (QED) is 0.200. The summed E-state index contributed by atoms with van der Waals surface area (Å²) in [6.07, 6.45) is 2.57. The molecule has 1 aliphatic rings. The molecule has 1 saturated carbocycles. The second-order valence-electron chi connectivity index (χ2n) is 11.4. The second kappa shape index (κ2) is 11.0. The fourth-order valence-corrected chi connectivity index (χ4v) is 5.33. The van der Waals surface area contributed by atoms with Crippen molar-refractivity contribution in [3.05, 3.63) is 77.6 Å². The van der Waals surface area contributed by atoms with E-state index < -0.39 is 11.7 Å². The molecule has 5 N–H and O–H groups in total. The zero-order valence-electron chi connectivity index (χ0n) is 23.2. The minimum absolute atomic E-state index is 0.0175. The Labute approximate surface area is 233 Å². The standard InChI is InChI=1S/C31H36N6O3/c1-31(2,3)40-30(39)35-23-14-12-22(13-15-23)34-29(38)28-36-25-16-11-20(27(32)33)17-26(25)37(28)18-21-9-6-8-19-7-4-5-10-24(19)21/h4-11,16-17,22-23H,12-15,18H2,1-3H3,(H3,32,33)(H,34,38)(H,35,39)/t22-,23-. The van der Waals surface area contributed by atoms with E-state index in [1.807, 2.05) is 49.6 Å². The maximum Gasteiger partial charge on any atom is 0.407 e. The van der Waals surface area contributed by atoms with Crippen LogP contribution in [0, 0.1) is 5.41 Å². The Morgan fingerprint density at radius 2 is 1.68 bits per heavy atom. The van der Waals surface area contributed by atoms with Crippen molar-refractivity contribution >= 4 is 39.6 Å². The second-order valence-corrected chi connectivity index (χ2v) is 11.4. The van der Waals surface area contributed by atoms with E-state index in [0.717, 1.165) is 47.5 Å². The number of nitrogens with two attached hydrogens (primary N) is 1. The third kappa shape index (κ3) is 6.09. The van der Waals surface area contributed by atoms with Crippen LogP contribution in [0.15, 0.2) is 60.7 Å². The van der Waals surface area contributed by atoms with Gasteiger partial charge in [-0.2, -0.15) is 0 Å². The summed E-state index contributed by atoms with van der Waals surface area (Å²) in [6.45, 7) is 5.96. The SMILES string of the molecule is CC(C)(C)OC(=O)N[C@H]1CC[C@H](NC(=O)c2nc3ccc(C(=N)N)cc3n2Cc2cccc3ccccc23)CC1. The van der Waals surface area contributed by atoms with Crippen molar-refractivity contribution < 1.29 is 14.3 Å². The Hall–Kier alpha value is -4.40. The zero-order valence-corrected chi connectivity index (χ0v) is 23.2. The molecule has 4 aromatic rings. The molecule has 1 heterocycles. The molecule has 3 aromatic carbocycles. The van der Waals surface area contributed by atoms with Crippen LogP contribution in [0.2, 0.25) is 0 Å². The van der Waals surface area contributed by atoms with E-state index >= 15 is 0 Å². The highest BCUT2D eigenvalue weighted by Crippen LogP contribution is 2.25. The molecule has 2 amide bonds. The van der Waals surface area contributed by atoms with Gasteiger partial charge in [-0.3, -0.25) is 10.2 Å². The van der Waals surface area contributed by atoms with E-state index in [2.05, 4.69) is 34.9 Å². The molecule has 9 nitrogen and oxygen atoms in total. The molecule has 9 heteroatoms. The van der Waals surface area contributed by atoms with E-state index in [9.17, 15) is 9.59 Å². The zero-order chi connectivity index (χ0) is 28.4. The van der Waals surface area contributed by atoms with E-state index in [4.69, 9.17) is 20.9 Å². The summed E-state index contributed by atoms with van der Waals surface area (Å²) in [7, 11) is 0. The third-order valence-electron chi connectivity index (χ3n) is 7.25. The molecule has 40 heavy (non-hydrogen) atoms. The number of alkyl carbamates (subject to hydrolysis) is 1. The summed E-state index contributed by atoms with van der Waals surface area (Å²) in [4.78, 5) is 30.5. The number of hydrogen-bond acceptors (Lipinski definition) is 5. The fourth-order valence-electron chi connectivity index (χ4n) is 5.33. The Morgan fingerprint density at radius 1 is 1.00 bits per heavy atom. The highest BCUT2D eigenvalue weighted by atomic mass is 16.6. The predicted molar refractivity (Wildman–Crippen MR) is 157 cm³/mol. The molecule has 1 aliphatic carbocycles. The average molecular weight is 541 g/mol. The Bertz CT molecular complexity index is 1570. The molecular formula is C31H36N6O3. The first-order valence-corrected chi connectivity index (χ1v) is 13.7. The maximum absolute atomic E-state index is 13.6. The molecule has 0 saturated heterocycles. The van der Waals surface area contributed by atoms with Gasteiger partial charge in [0.15, 0.2) is 5.82 Å². The lowest BCUT2D eigenvalue weighted by Crippen LogP contribution is -2.45. The summed E-state index contributed by atoms with van der Waals surface area (Å²) in [5.41, 5.74) is 8.30. The number of imidazole rings is 1. The van der Waals surface area contributed by atoms with Gasteiger partial charge in [0.05, 0.1) is 17.6 Å². The molecule has 0 unspecified atom stereocenters. The molecule has 0 aliphatic heterocycles. The first-order chi connectivity index (χ1) is 19.1. The number of amides is 2. The van der Waals surface area contributed by atoms with Crippen molar-refractivity contribution in [3.8, 4) is 0 Å².